The molecular formula is C26H31FN2O3. The molecule has 2 aliphatic heterocycles. The van der Waals surface area contributed by atoms with Gasteiger partial charge in [-0.15, -0.1) is 0 Å². The van der Waals surface area contributed by atoms with Gasteiger partial charge in [0.25, 0.3) is 11.8 Å². The monoisotopic (exact) mass is 438 g/mol. The van der Waals surface area contributed by atoms with Crippen molar-refractivity contribution in [2.75, 3.05) is 32.8 Å². The van der Waals surface area contributed by atoms with Crippen molar-refractivity contribution in [2.24, 2.45) is 11.8 Å². The number of likely N-dealkylation sites (tertiary alicyclic amines) is 2. The van der Waals surface area contributed by atoms with Crippen molar-refractivity contribution in [1.82, 2.24) is 9.80 Å². The summed E-state index contributed by atoms with van der Waals surface area (Å²) >= 11 is 0. The molecular weight excluding hydrogens is 407 g/mol. The average molecular weight is 439 g/mol. The highest BCUT2D eigenvalue weighted by atomic mass is 19.1. The number of rotatable bonds is 5. The Morgan fingerprint density at radius 1 is 0.938 bits per heavy atom. The molecule has 0 aromatic heterocycles. The van der Waals surface area contributed by atoms with E-state index in [1.165, 1.54) is 12.1 Å². The van der Waals surface area contributed by atoms with Gasteiger partial charge in [-0.3, -0.25) is 9.59 Å². The Morgan fingerprint density at radius 3 is 2.38 bits per heavy atom. The molecule has 0 N–H and O–H groups in total. The Labute approximate surface area is 189 Å². The first-order valence-electron chi connectivity index (χ1n) is 11.6. The maximum absolute atomic E-state index is 13.5. The summed E-state index contributed by atoms with van der Waals surface area (Å²) < 4.78 is 19.4. The molecule has 0 spiro atoms. The Bertz CT molecular complexity index is 938. The second kappa shape index (κ2) is 10.2. The minimum Gasteiger partial charge on any atom is -0.493 e. The van der Waals surface area contributed by atoms with Crippen molar-refractivity contribution in [3.63, 3.8) is 0 Å². The molecule has 0 bridgehead atoms. The van der Waals surface area contributed by atoms with Crippen molar-refractivity contribution in [2.45, 2.75) is 32.6 Å². The predicted molar refractivity (Wildman–Crippen MR) is 121 cm³/mol. The fraction of sp³-hybridized carbons (Fsp3) is 0.462. The third-order valence-corrected chi connectivity index (χ3v) is 6.54. The van der Waals surface area contributed by atoms with Crippen molar-refractivity contribution >= 4 is 11.8 Å². The van der Waals surface area contributed by atoms with E-state index >= 15 is 0 Å². The van der Waals surface area contributed by atoms with Gasteiger partial charge in [0.1, 0.15) is 11.6 Å². The van der Waals surface area contributed by atoms with E-state index in [0.29, 0.717) is 36.7 Å². The number of carbonyl (C=O) groups is 2. The van der Waals surface area contributed by atoms with Crippen LogP contribution in [0, 0.1) is 17.7 Å². The van der Waals surface area contributed by atoms with Gasteiger partial charge in [0.15, 0.2) is 0 Å². The number of hydrogen-bond donors (Lipinski definition) is 0. The molecule has 170 valence electrons. The zero-order valence-electron chi connectivity index (χ0n) is 18.6. The van der Waals surface area contributed by atoms with Crippen molar-refractivity contribution < 1.29 is 18.7 Å². The number of ether oxygens (including phenoxy) is 1. The van der Waals surface area contributed by atoms with Gasteiger partial charge < -0.3 is 14.5 Å². The molecule has 1 atom stereocenters. The molecule has 2 aromatic rings. The molecule has 4 rings (SSSR count). The number of benzene rings is 2. The predicted octanol–water partition coefficient (Wildman–Crippen LogP) is 4.63. The summed E-state index contributed by atoms with van der Waals surface area (Å²) in [5.41, 5.74) is 1.08. The van der Waals surface area contributed by atoms with Crippen LogP contribution in [0.4, 0.5) is 4.39 Å². The molecule has 0 radical (unpaired) electrons. The number of halogens is 1. The van der Waals surface area contributed by atoms with E-state index in [2.05, 4.69) is 6.92 Å². The van der Waals surface area contributed by atoms with Gasteiger partial charge in [0.05, 0.1) is 6.61 Å². The maximum atomic E-state index is 13.5. The molecule has 0 saturated carbocycles. The first-order valence-corrected chi connectivity index (χ1v) is 11.6. The standard InChI is InChI=1S/C26H31FN2O3/c1-19-11-14-28(15-12-19)25(30)21-7-9-24(10-8-21)32-18-20-4-3-13-29(17-20)26(31)22-5-2-6-23(27)16-22/h2,5-10,16,19-20H,3-4,11-15,17-18H2,1H3/t20-/m0/s1. The fourth-order valence-corrected chi connectivity index (χ4v) is 4.49. The van der Waals surface area contributed by atoms with Crippen LogP contribution in [0.15, 0.2) is 48.5 Å². The van der Waals surface area contributed by atoms with Gasteiger partial charge in [0.2, 0.25) is 0 Å². The van der Waals surface area contributed by atoms with Crippen LogP contribution in [0.5, 0.6) is 5.75 Å². The number of amides is 2. The normalized spacial score (nSPS) is 19.6. The Balaban J connectivity index is 1.28. The molecule has 2 aromatic carbocycles. The zero-order valence-corrected chi connectivity index (χ0v) is 18.6. The van der Waals surface area contributed by atoms with E-state index in [9.17, 15) is 14.0 Å². The highest BCUT2D eigenvalue weighted by Crippen LogP contribution is 2.22. The molecule has 0 unspecified atom stereocenters. The molecule has 2 amide bonds. The molecule has 32 heavy (non-hydrogen) atoms. The molecule has 0 aliphatic carbocycles. The smallest absolute Gasteiger partial charge is 0.253 e. The van der Waals surface area contributed by atoms with E-state index in [-0.39, 0.29) is 17.7 Å². The van der Waals surface area contributed by atoms with Crippen LogP contribution < -0.4 is 4.74 Å². The average Bonchev–Trinajstić information content (AvgIpc) is 2.83. The molecule has 2 heterocycles. The van der Waals surface area contributed by atoms with Gasteiger partial charge in [-0.05, 0) is 74.1 Å². The number of hydrogen-bond acceptors (Lipinski definition) is 3. The van der Waals surface area contributed by atoms with E-state index in [1.54, 1.807) is 17.0 Å². The minimum atomic E-state index is -0.399. The Kier molecular flexibility index (Phi) is 7.08. The quantitative estimate of drug-likeness (QED) is 0.684. The first kappa shape index (κ1) is 22.3. The Hall–Kier alpha value is -2.89. The topological polar surface area (TPSA) is 49.9 Å². The van der Waals surface area contributed by atoms with Crippen molar-refractivity contribution in [1.29, 1.82) is 0 Å². The summed E-state index contributed by atoms with van der Waals surface area (Å²) in [6.07, 6.45) is 4.01. The van der Waals surface area contributed by atoms with Gasteiger partial charge in [0, 0.05) is 43.2 Å². The van der Waals surface area contributed by atoms with Crippen LogP contribution in [-0.4, -0.2) is 54.4 Å². The largest absolute Gasteiger partial charge is 0.493 e. The summed E-state index contributed by atoms with van der Waals surface area (Å²) in [4.78, 5) is 29.1. The lowest BCUT2D eigenvalue weighted by Gasteiger charge is -2.32. The van der Waals surface area contributed by atoms with Crippen LogP contribution in [0.3, 0.4) is 0 Å². The second-order valence-corrected chi connectivity index (χ2v) is 9.08. The van der Waals surface area contributed by atoms with E-state index in [0.717, 1.165) is 44.5 Å². The van der Waals surface area contributed by atoms with E-state index in [4.69, 9.17) is 4.74 Å². The lowest BCUT2D eigenvalue weighted by atomic mass is 9.98. The van der Waals surface area contributed by atoms with E-state index < -0.39 is 5.82 Å². The first-order chi connectivity index (χ1) is 15.5. The summed E-state index contributed by atoms with van der Waals surface area (Å²) in [6, 6.07) is 13.2. The third kappa shape index (κ3) is 5.47. The van der Waals surface area contributed by atoms with Crippen LogP contribution in [-0.2, 0) is 0 Å². The summed E-state index contributed by atoms with van der Waals surface area (Å²) in [6.45, 7) is 5.66. The number of carbonyl (C=O) groups excluding carboxylic acids is 2. The maximum Gasteiger partial charge on any atom is 0.253 e. The van der Waals surface area contributed by atoms with Gasteiger partial charge in [-0.25, -0.2) is 4.39 Å². The minimum absolute atomic E-state index is 0.0854. The third-order valence-electron chi connectivity index (χ3n) is 6.54. The molecule has 2 saturated heterocycles. The van der Waals surface area contributed by atoms with Gasteiger partial charge in [-0.2, -0.15) is 0 Å². The van der Waals surface area contributed by atoms with Crippen LogP contribution in [0.1, 0.15) is 53.3 Å². The second-order valence-electron chi connectivity index (χ2n) is 9.08. The fourth-order valence-electron chi connectivity index (χ4n) is 4.49. The molecule has 2 aliphatic rings. The molecule has 2 fully saturated rings. The molecule has 5 nitrogen and oxygen atoms in total. The highest BCUT2D eigenvalue weighted by Gasteiger charge is 2.25. The lowest BCUT2D eigenvalue weighted by molar-refractivity contribution is 0.0632. The summed E-state index contributed by atoms with van der Waals surface area (Å²) in [7, 11) is 0. The SMILES string of the molecule is CC1CCN(C(=O)c2ccc(OC[C@H]3CCCN(C(=O)c4cccc(F)c4)C3)cc2)CC1. The van der Waals surface area contributed by atoms with Crippen molar-refractivity contribution in [3.8, 4) is 5.75 Å². The van der Waals surface area contributed by atoms with Gasteiger partial charge in [-0.1, -0.05) is 13.0 Å². The zero-order chi connectivity index (χ0) is 22.5. The Morgan fingerprint density at radius 2 is 1.66 bits per heavy atom. The lowest BCUT2D eigenvalue weighted by Crippen LogP contribution is -2.41. The summed E-state index contributed by atoms with van der Waals surface area (Å²) in [5.74, 6) is 1.19. The van der Waals surface area contributed by atoms with E-state index in [1.807, 2.05) is 29.2 Å². The van der Waals surface area contributed by atoms with Crippen LogP contribution >= 0.6 is 0 Å². The van der Waals surface area contributed by atoms with Crippen LogP contribution in [0.25, 0.3) is 0 Å². The van der Waals surface area contributed by atoms with Gasteiger partial charge >= 0.3 is 0 Å². The molecule has 6 heteroatoms. The number of nitrogens with zero attached hydrogens (tertiary/aromatic N) is 2. The summed E-state index contributed by atoms with van der Waals surface area (Å²) in [5, 5.41) is 0. The van der Waals surface area contributed by atoms with Crippen molar-refractivity contribution in [3.05, 3.63) is 65.5 Å². The van der Waals surface area contributed by atoms with Crippen LogP contribution in [0.2, 0.25) is 0 Å². The number of piperidine rings is 2. The highest BCUT2D eigenvalue weighted by molar-refractivity contribution is 5.94.